The molecular weight excluding hydrogens is 659 g/mol. The third-order valence-corrected chi connectivity index (χ3v) is 21.6. The topological polar surface area (TPSA) is 17.1 Å². The van der Waals surface area contributed by atoms with Crippen LogP contribution in [0.15, 0.2) is 0 Å². The van der Waals surface area contributed by atoms with E-state index in [4.69, 9.17) is 4.79 Å². The van der Waals surface area contributed by atoms with Crippen molar-refractivity contribution in [3.05, 3.63) is 0 Å². The molecule has 0 bridgehead atoms. The Balaban J connectivity index is 0.000000207. The van der Waals surface area contributed by atoms with Gasteiger partial charge in [0.1, 0.15) is 0 Å². The van der Waals surface area contributed by atoms with Crippen LogP contribution in [0.5, 0.6) is 0 Å². The Labute approximate surface area is 282 Å². The van der Waals surface area contributed by atoms with Crippen molar-refractivity contribution in [3.63, 3.8) is 0 Å². The molecule has 0 aliphatic heterocycles. The van der Waals surface area contributed by atoms with E-state index in [2.05, 4.69) is 11.6 Å². The van der Waals surface area contributed by atoms with Crippen molar-refractivity contribution in [2.24, 2.45) is 0 Å². The molecule has 0 aromatic heterocycles. The number of hydrogen-bond donors (Lipinski definition) is 0. The quantitative estimate of drug-likeness (QED) is 0.115. The third kappa shape index (κ3) is 12.6. The zero-order valence-electron chi connectivity index (χ0n) is 27.3. The Morgan fingerprint density at radius 1 is 0.333 bits per heavy atom. The predicted octanol–water partition coefficient (Wildman–Crippen LogP) is 12.7. The van der Waals surface area contributed by atoms with Gasteiger partial charge in [-0.25, -0.2) is 0 Å². The van der Waals surface area contributed by atoms with Gasteiger partial charge in [-0.2, -0.15) is 5.75 Å². The van der Waals surface area contributed by atoms with Gasteiger partial charge in [0.15, 0.2) is 0 Å². The summed E-state index contributed by atoms with van der Waals surface area (Å²) in [4.78, 5) is 8.45. The Morgan fingerprint density at radius 3 is 0.571 bits per heavy atom. The molecule has 1 nitrogen and oxygen atoms in total. The summed E-state index contributed by atoms with van der Waals surface area (Å²) in [6.45, 7) is 0. The van der Waals surface area contributed by atoms with Crippen LogP contribution in [-0.4, -0.2) is 39.7 Å². The number of halogens is 1. The zero-order chi connectivity index (χ0) is 28.5. The maximum atomic E-state index is 8.45. The molecule has 0 unspecified atom stereocenters. The monoisotopic (exact) mass is 727 g/mol. The molecule has 6 saturated carbocycles. The fourth-order valence-corrected chi connectivity index (χ4v) is 21.1. The Hall–Kier alpha value is 1.44. The third-order valence-electron chi connectivity index (χ3n) is 12.5. The van der Waals surface area contributed by atoms with Gasteiger partial charge in [-0.05, 0) is 154 Å². The molecule has 42 heavy (non-hydrogen) atoms. The maximum absolute atomic E-state index is 8.45. The van der Waals surface area contributed by atoms with Crippen LogP contribution in [0.1, 0.15) is 193 Å². The smallest absolute Gasteiger partial charge is 0.525 e. The van der Waals surface area contributed by atoms with Crippen molar-refractivity contribution in [2.45, 2.75) is 227 Å². The van der Waals surface area contributed by atoms with Gasteiger partial charge in [-0.3, -0.25) is 0 Å². The zero-order valence-corrected chi connectivity index (χ0v) is 31.8. The second-order valence-corrected chi connectivity index (χ2v) is 22.1. The molecule has 6 aliphatic rings. The van der Waals surface area contributed by atoms with Crippen molar-refractivity contribution in [3.8, 4) is 0 Å². The SMILES string of the molecule is C1CCC([PH+](C2CCCCC2)C2CCCCC2)CC1.C1CCC([PH+](C2CCCCC2)C2CCCCC2)CC1.O=[C-]Cl.[Ru+]. The van der Waals surface area contributed by atoms with Crippen LogP contribution in [0.2, 0.25) is 0 Å². The van der Waals surface area contributed by atoms with Gasteiger partial charge >= 0.3 is 19.5 Å². The van der Waals surface area contributed by atoms with Gasteiger partial charge in [-0.1, -0.05) is 38.5 Å². The predicted molar refractivity (Wildman–Crippen MR) is 189 cm³/mol. The molecular formula is C37H68ClOP2Ru+2. The largest absolute Gasteiger partial charge is 1.00 e. The van der Waals surface area contributed by atoms with Crippen LogP contribution in [0.3, 0.4) is 0 Å². The fourth-order valence-electron chi connectivity index (χ4n) is 10.6. The summed E-state index contributed by atoms with van der Waals surface area (Å²) in [6, 6.07) is 0. The van der Waals surface area contributed by atoms with E-state index in [9.17, 15) is 0 Å². The molecule has 6 fully saturated rings. The van der Waals surface area contributed by atoms with E-state index in [1.165, 1.54) is 34.0 Å². The van der Waals surface area contributed by atoms with E-state index < -0.39 is 0 Å². The molecule has 245 valence electrons. The first-order valence-corrected chi connectivity index (χ1v) is 22.9. The number of hydrogen-bond acceptors (Lipinski definition) is 1. The maximum Gasteiger partial charge on any atom is 1.00 e. The van der Waals surface area contributed by atoms with Crippen LogP contribution in [0, 0.1) is 0 Å². The Bertz CT molecular complexity index is 519. The minimum Gasteiger partial charge on any atom is -0.525 e. The molecule has 1 radical (unpaired) electrons. The first-order valence-electron chi connectivity index (χ1n) is 19.0. The van der Waals surface area contributed by atoms with E-state index in [0.717, 1.165) is 5.75 Å². The van der Waals surface area contributed by atoms with E-state index >= 15 is 0 Å². The average Bonchev–Trinajstić information content (AvgIpc) is 3.05. The molecule has 6 aliphatic carbocycles. The molecule has 0 amide bonds. The van der Waals surface area contributed by atoms with Crippen LogP contribution in [-0.2, 0) is 24.3 Å². The van der Waals surface area contributed by atoms with E-state index in [0.29, 0.717) is 0 Å². The first kappa shape index (κ1) is 37.9. The average molecular weight is 727 g/mol. The van der Waals surface area contributed by atoms with Gasteiger partial charge in [0, 0.05) is 15.8 Å². The van der Waals surface area contributed by atoms with Gasteiger partial charge in [0.05, 0.1) is 34.0 Å². The summed E-state index contributed by atoms with van der Waals surface area (Å²) in [5.41, 5.74) is 7.36. The summed E-state index contributed by atoms with van der Waals surface area (Å²) < 4.78 is 0. The van der Waals surface area contributed by atoms with E-state index in [1.807, 2.05) is 0 Å². The van der Waals surface area contributed by atoms with Crippen LogP contribution < -0.4 is 0 Å². The minimum absolute atomic E-state index is 0. The van der Waals surface area contributed by atoms with Crippen LogP contribution in [0.4, 0.5) is 0 Å². The van der Waals surface area contributed by atoms with Gasteiger partial charge in [-0.15, -0.1) is 0 Å². The minimum atomic E-state index is -0.0465. The molecule has 0 heterocycles. The Kier molecular flexibility index (Phi) is 20.6. The van der Waals surface area contributed by atoms with Crippen LogP contribution >= 0.6 is 27.4 Å². The molecule has 6 rings (SSSR count). The van der Waals surface area contributed by atoms with Crippen molar-refractivity contribution >= 4 is 33.2 Å². The standard InChI is InChI=1S/2C18H33P.CClO.Ru/c2*1-4-10-16(11-5-1)19(17-12-6-2-7-13-17)18-14-8-3-9-15-18;2-1-3;/h2*16-18H,1-15H2;;/q;;-1;+1/p+2. The molecule has 0 atom stereocenters. The summed E-state index contributed by atoms with van der Waals surface area (Å²) in [5, 5.41) is 0. The summed E-state index contributed by atoms with van der Waals surface area (Å²) in [5.74, 6) is 0.972. The van der Waals surface area contributed by atoms with Gasteiger partial charge < -0.3 is 16.4 Å². The molecule has 0 aromatic rings. The normalized spacial score (nSPS) is 26.5. The number of carbonyl (C=O) groups excluding carboxylic acids is 1. The number of rotatable bonds is 6. The van der Waals surface area contributed by atoms with Gasteiger partial charge in [0.25, 0.3) is 0 Å². The molecule has 5 heteroatoms. The first-order chi connectivity index (χ1) is 20.3. The second-order valence-electron chi connectivity index (χ2n) is 15.1. The van der Waals surface area contributed by atoms with E-state index in [-0.39, 0.29) is 35.3 Å². The molecule has 0 spiro atoms. The van der Waals surface area contributed by atoms with Crippen LogP contribution in [0.25, 0.3) is 0 Å². The van der Waals surface area contributed by atoms with Crippen molar-refractivity contribution in [1.82, 2.24) is 0 Å². The van der Waals surface area contributed by atoms with E-state index in [1.54, 1.807) is 193 Å². The van der Waals surface area contributed by atoms with Crippen molar-refractivity contribution in [2.75, 3.05) is 0 Å². The molecule has 0 aromatic carbocycles. The summed E-state index contributed by atoms with van der Waals surface area (Å²) in [7, 11) is -0.0930. The van der Waals surface area contributed by atoms with Crippen molar-refractivity contribution < 1.29 is 24.3 Å². The summed E-state index contributed by atoms with van der Waals surface area (Å²) >= 11 is 4.19. The molecule has 0 saturated heterocycles. The second kappa shape index (κ2) is 22.9. The van der Waals surface area contributed by atoms with Crippen molar-refractivity contribution in [1.29, 1.82) is 0 Å². The molecule has 0 N–H and O–H groups in total. The van der Waals surface area contributed by atoms with Gasteiger partial charge in [0.2, 0.25) is 0 Å². The summed E-state index contributed by atoms with van der Waals surface area (Å²) in [6.07, 6.45) is 47.6. The Morgan fingerprint density at radius 2 is 0.452 bits per heavy atom. The fraction of sp³-hybridized carbons (Fsp3) is 0.973.